The first kappa shape index (κ1) is 30.6. The number of carboxylic acid groups (broad SMARTS) is 2. The molecule has 32 heavy (non-hydrogen) atoms. The van der Waals surface area contributed by atoms with Gasteiger partial charge in [0.1, 0.15) is 0 Å². The zero-order valence-corrected chi connectivity index (χ0v) is 21.1. The van der Waals surface area contributed by atoms with Gasteiger partial charge in [-0.3, -0.25) is 24.2 Å². The van der Waals surface area contributed by atoms with Crippen LogP contribution in [0.1, 0.15) is 19.8 Å². The van der Waals surface area contributed by atoms with Crippen molar-refractivity contribution in [2.24, 2.45) is 4.99 Å². The van der Waals surface area contributed by atoms with Crippen LogP contribution in [0.3, 0.4) is 0 Å². The Morgan fingerprint density at radius 1 is 0.750 bits per heavy atom. The minimum absolute atomic E-state index is 0.213. The first-order chi connectivity index (χ1) is 15.0. The molecule has 0 aliphatic carbocycles. The molecule has 0 fully saturated rings. The molecule has 0 rings (SSSR count). The van der Waals surface area contributed by atoms with Crippen LogP contribution in [-0.2, 0) is 19.2 Å². The summed E-state index contributed by atoms with van der Waals surface area (Å²) in [7, 11) is 0. The molecule has 6 N–H and O–H groups in total. The smallest absolute Gasteiger partial charge is 0.304 e. The van der Waals surface area contributed by atoms with E-state index in [1.807, 2.05) is 6.92 Å². The monoisotopic (exact) mass is 529 g/mol. The van der Waals surface area contributed by atoms with Crippen LogP contribution in [0.2, 0.25) is 0 Å². The van der Waals surface area contributed by atoms with Gasteiger partial charge in [0, 0.05) is 36.7 Å². The summed E-state index contributed by atoms with van der Waals surface area (Å²) in [6.45, 7) is 3.52. The molecule has 0 heterocycles. The van der Waals surface area contributed by atoms with E-state index < -0.39 is 44.8 Å². The predicted octanol–water partition coefficient (Wildman–Crippen LogP) is -1.08. The molecule has 15 heteroatoms. The zero-order chi connectivity index (χ0) is 24.7. The van der Waals surface area contributed by atoms with E-state index in [0.717, 1.165) is 0 Å². The van der Waals surface area contributed by atoms with Crippen molar-refractivity contribution >= 4 is 80.2 Å². The van der Waals surface area contributed by atoms with Gasteiger partial charge in [-0.25, -0.2) is 0 Å². The van der Waals surface area contributed by atoms with Crippen LogP contribution in [0.15, 0.2) is 4.99 Å². The highest BCUT2D eigenvalue weighted by Gasteiger charge is 2.24. The van der Waals surface area contributed by atoms with Crippen LogP contribution < -0.4 is 21.3 Å². The SMILES string of the molecule is CCNC(=NCCNC(=O)C(S)C(S)CC(=O)O)NCCNC(=O)C(S)C(S)CC(=O)O. The van der Waals surface area contributed by atoms with E-state index in [4.69, 9.17) is 10.2 Å². The van der Waals surface area contributed by atoms with Crippen LogP contribution in [0, 0.1) is 0 Å². The second-order valence-corrected chi connectivity index (χ2v) is 8.93. The minimum atomic E-state index is -1.06. The van der Waals surface area contributed by atoms with Crippen molar-refractivity contribution in [2.45, 2.75) is 40.8 Å². The number of carbonyl (C=O) groups is 4. The summed E-state index contributed by atoms with van der Waals surface area (Å²) < 4.78 is 0. The topological polar surface area (TPSA) is 169 Å². The van der Waals surface area contributed by atoms with Gasteiger partial charge in [0.15, 0.2) is 5.96 Å². The third-order valence-electron chi connectivity index (χ3n) is 3.78. The Kier molecular flexibility index (Phi) is 16.3. The van der Waals surface area contributed by atoms with Gasteiger partial charge in [-0.05, 0) is 6.92 Å². The Morgan fingerprint density at radius 3 is 1.62 bits per heavy atom. The van der Waals surface area contributed by atoms with Crippen molar-refractivity contribution in [2.75, 3.05) is 32.7 Å². The van der Waals surface area contributed by atoms with Crippen molar-refractivity contribution in [1.29, 1.82) is 0 Å². The molecule has 0 radical (unpaired) electrons. The van der Waals surface area contributed by atoms with E-state index in [2.05, 4.69) is 76.8 Å². The van der Waals surface area contributed by atoms with Gasteiger partial charge in [0.25, 0.3) is 0 Å². The molecule has 2 amide bonds. The Bertz CT molecular complexity index is 669. The number of hydrogen-bond acceptors (Lipinski definition) is 9. The van der Waals surface area contributed by atoms with Crippen LogP contribution in [-0.4, -0.2) is 93.6 Å². The summed E-state index contributed by atoms with van der Waals surface area (Å²) in [6.07, 6.45) is -0.561. The standard InChI is InChI=1S/C17H31N5O6S4/c1-2-18-17(21-5-3-19-15(27)13(31)9(29)7-11(23)24)22-6-4-20-16(28)14(32)10(30)8-12(25)26/h9-10,13-14,29-32H,2-8H2,1H3,(H,19,27)(H,20,28)(H,23,24)(H,25,26)(H2,18,21,22). The van der Waals surface area contributed by atoms with Crippen LogP contribution in [0.4, 0.5) is 0 Å². The van der Waals surface area contributed by atoms with Gasteiger partial charge in [-0.15, -0.1) is 0 Å². The zero-order valence-electron chi connectivity index (χ0n) is 17.5. The van der Waals surface area contributed by atoms with Crippen LogP contribution in [0.25, 0.3) is 0 Å². The lowest BCUT2D eigenvalue weighted by molar-refractivity contribution is -0.138. The van der Waals surface area contributed by atoms with E-state index >= 15 is 0 Å². The predicted molar refractivity (Wildman–Crippen MR) is 136 cm³/mol. The van der Waals surface area contributed by atoms with Crippen molar-refractivity contribution in [1.82, 2.24) is 21.3 Å². The van der Waals surface area contributed by atoms with Crippen molar-refractivity contribution in [3.8, 4) is 0 Å². The number of carboxylic acids is 2. The number of amides is 2. The number of nitrogens with one attached hydrogen (secondary N) is 4. The second-order valence-electron chi connectivity index (χ2n) is 6.49. The molecule has 0 aromatic heterocycles. The van der Waals surface area contributed by atoms with Gasteiger partial charge >= 0.3 is 11.9 Å². The van der Waals surface area contributed by atoms with Gasteiger partial charge in [0.2, 0.25) is 11.8 Å². The third kappa shape index (κ3) is 13.9. The molecule has 0 bridgehead atoms. The molecule has 4 atom stereocenters. The quantitative estimate of drug-likeness (QED) is 0.0553. The largest absolute Gasteiger partial charge is 0.481 e. The summed E-state index contributed by atoms with van der Waals surface area (Å²) in [4.78, 5) is 49.6. The van der Waals surface area contributed by atoms with Gasteiger partial charge in [-0.2, -0.15) is 50.5 Å². The molecule has 0 aromatic rings. The molecular weight excluding hydrogens is 498 g/mol. The lowest BCUT2D eigenvalue weighted by atomic mass is 10.2. The number of carbonyl (C=O) groups excluding carboxylic acids is 2. The number of aliphatic carboxylic acids is 2. The summed E-state index contributed by atoms with van der Waals surface area (Å²) in [5.41, 5.74) is 0. The number of rotatable bonds is 15. The maximum absolute atomic E-state index is 12.0. The van der Waals surface area contributed by atoms with E-state index in [0.29, 0.717) is 19.0 Å². The van der Waals surface area contributed by atoms with Gasteiger partial charge in [-0.1, -0.05) is 0 Å². The average molecular weight is 530 g/mol. The molecular formula is C17H31N5O6S4. The highest BCUT2D eigenvalue weighted by molar-refractivity contribution is 7.86. The van der Waals surface area contributed by atoms with Crippen molar-refractivity contribution < 1.29 is 29.4 Å². The van der Waals surface area contributed by atoms with E-state index in [1.165, 1.54) is 0 Å². The fourth-order valence-electron chi connectivity index (χ4n) is 2.19. The summed E-state index contributed by atoms with van der Waals surface area (Å²) in [5, 5.41) is 25.6. The molecule has 0 saturated heterocycles. The first-order valence-corrected chi connectivity index (χ1v) is 11.8. The molecule has 11 nitrogen and oxygen atoms in total. The lowest BCUT2D eigenvalue weighted by Gasteiger charge is -2.17. The fraction of sp³-hybridized carbons (Fsp3) is 0.706. The van der Waals surface area contributed by atoms with E-state index in [9.17, 15) is 19.2 Å². The molecule has 4 unspecified atom stereocenters. The number of aliphatic imine (C=N–C) groups is 1. The molecule has 0 saturated carbocycles. The molecule has 0 aliphatic rings. The summed E-state index contributed by atoms with van der Waals surface area (Å²) in [5.74, 6) is -2.51. The lowest BCUT2D eigenvalue weighted by Crippen LogP contribution is -2.44. The van der Waals surface area contributed by atoms with Crippen LogP contribution in [0.5, 0.6) is 0 Å². The number of hydrogen-bond donors (Lipinski definition) is 10. The third-order valence-corrected chi connectivity index (χ3v) is 6.40. The fourth-order valence-corrected chi connectivity index (χ4v) is 3.17. The van der Waals surface area contributed by atoms with Crippen molar-refractivity contribution in [3.63, 3.8) is 0 Å². The summed E-state index contributed by atoms with van der Waals surface area (Å²) in [6, 6.07) is 0. The summed E-state index contributed by atoms with van der Waals surface area (Å²) >= 11 is 16.4. The van der Waals surface area contributed by atoms with Gasteiger partial charge < -0.3 is 31.5 Å². The number of nitrogens with zero attached hydrogens (tertiary/aromatic N) is 1. The van der Waals surface area contributed by atoms with E-state index in [1.54, 1.807) is 0 Å². The maximum atomic E-state index is 12.0. The maximum Gasteiger partial charge on any atom is 0.304 e. The molecule has 0 aliphatic heterocycles. The Balaban J connectivity index is 4.35. The molecule has 0 spiro atoms. The van der Waals surface area contributed by atoms with Gasteiger partial charge in [0.05, 0.1) is 29.9 Å². The van der Waals surface area contributed by atoms with Crippen LogP contribution >= 0.6 is 50.5 Å². The van der Waals surface area contributed by atoms with E-state index in [-0.39, 0.29) is 32.5 Å². The molecule has 184 valence electrons. The average Bonchev–Trinajstić information content (AvgIpc) is 2.71. The van der Waals surface area contributed by atoms with Crippen molar-refractivity contribution in [3.05, 3.63) is 0 Å². The second kappa shape index (κ2) is 17.1. The molecule has 0 aromatic carbocycles. The minimum Gasteiger partial charge on any atom is -0.481 e. The highest BCUT2D eigenvalue weighted by Crippen LogP contribution is 2.14. The Labute approximate surface area is 209 Å². The Hall–Kier alpha value is -1.45. The number of thiol groups is 4. The first-order valence-electron chi connectivity index (χ1n) is 9.73. The number of guanidine groups is 1. The normalized spacial score (nSPS) is 15.1. The Morgan fingerprint density at radius 2 is 1.19 bits per heavy atom. The highest BCUT2D eigenvalue weighted by atomic mass is 32.1.